The average Bonchev–Trinajstić information content (AvgIpc) is 2.61. The van der Waals surface area contributed by atoms with Gasteiger partial charge in [-0.25, -0.2) is 4.79 Å². The predicted molar refractivity (Wildman–Crippen MR) is 109 cm³/mol. The number of amides is 1. The van der Waals surface area contributed by atoms with Crippen molar-refractivity contribution in [2.75, 3.05) is 26.4 Å². The number of nitrogens with zero attached hydrogens (tertiary/aromatic N) is 1. The van der Waals surface area contributed by atoms with Crippen LogP contribution in [0.5, 0.6) is 0 Å². The summed E-state index contributed by atoms with van der Waals surface area (Å²) in [7, 11) is 0. The maximum absolute atomic E-state index is 12.5. The van der Waals surface area contributed by atoms with Gasteiger partial charge in [0, 0.05) is 6.54 Å². The summed E-state index contributed by atoms with van der Waals surface area (Å²) in [6.07, 6.45) is 11.1. The number of hydrogen-bond acceptors (Lipinski definition) is 5. The van der Waals surface area contributed by atoms with Crippen molar-refractivity contribution in [3.05, 3.63) is 0 Å². The standard InChI is InChI=1S/C21H43NO5/c1-5-6-7-8-9-10-11-12-13-14-15-22(19(26)27-20(2,3)4)21(16-23,17-24)18-25/h23-25H,5-18H2,1-4H3. The van der Waals surface area contributed by atoms with Gasteiger partial charge in [0.05, 0.1) is 19.8 Å². The van der Waals surface area contributed by atoms with E-state index in [9.17, 15) is 20.1 Å². The van der Waals surface area contributed by atoms with Crippen LogP contribution in [-0.2, 0) is 4.74 Å². The highest BCUT2D eigenvalue weighted by molar-refractivity contribution is 5.69. The van der Waals surface area contributed by atoms with Gasteiger partial charge in [0.1, 0.15) is 11.1 Å². The Morgan fingerprint density at radius 3 is 1.56 bits per heavy atom. The van der Waals surface area contributed by atoms with Gasteiger partial charge in [-0.15, -0.1) is 0 Å². The van der Waals surface area contributed by atoms with Crippen LogP contribution in [0.4, 0.5) is 4.79 Å². The highest BCUT2D eigenvalue weighted by Gasteiger charge is 2.40. The van der Waals surface area contributed by atoms with Gasteiger partial charge in [-0.2, -0.15) is 0 Å². The van der Waals surface area contributed by atoms with Crippen LogP contribution < -0.4 is 0 Å². The Morgan fingerprint density at radius 1 is 0.778 bits per heavy atom. The van der Waals surface area contributed by atoms with E-state index in [0.29, 0.717) is 6.54 Å². The van der Waals surface area contributed by atoms with Gasteiger partial charge in [0.25, 0.3) is 0 Å². The third-order valence-electron chi connectivity index (χ3n) is 4.80. The van der Waals surface area contributed by atoms with E-state index in [2.05, 4.69) is 6.92 Å². The molecule has 6 nitrogen and oxygen atoms in total. The molecule has 0 aromatic rings. The first-order chi connectivity index (χ1) is 12.8. The van der Waals surface area contributed by atoms with Gasteiger partial charge in [0.15, 0.2) is 0 Å². The lowest BCUT2D eigenvalue weighted by Crippen LogP contribution is -2.60. The second-order valence-corrected chi connectivity index (χ2v) is 8.51. The Morgan fingerprint density at radius 2 is 1.19 bits per heavy atom. The Balaban J connectivity index is 4.43. The Labute approximate surface area is 165 Å². The molecule has 0 aromatic heterocycles. The molecule has 0 fully saturated rings. The molecule has 0 unspecified atom stereocenters. The fourth-order valence-electron chi connectivity index (χ4n) is 3.00. The van der Waals surface area contributed by atoms with Crippen molar-refractivity contribution in [2.45, 2.75) is 103 Å². The SMILES string of the molecule is CCCCCCCCCCCCN(C(=O)OC(C)(C)C)C(CO)(CO)CO. The summed E-state index contributed by atoms with van der Waals surface area (Å²) in [5, 5.41) is 29.1. The number of aliphatic hydroxyl groups is 3. The minimum atomic E-state index is -1.40. The van der Waals surface area contributed by atoms with Gasteiger partial charge in [-0.3, -0.25) is 4.90 Å². The van der Waals surface area contributed by atoms with E-state index in [4.69, 9.17) is 4.74 Å². The summed E-state index contributed by atoms with van der Waals surface area (Å²) < 4.78 is 5.41. The van der Waals surface area contributed by atoms with Gasteiger partial charge in [-0.1, -0.05) is 64.7 Å². The summed E-state index contributed by atoms with van der Waals surface area (Å²) in [4.78, 5) is 13.8. The second kappa shape index (κ2) is 14.2. The molecular weight excluding hydrogens is 346 g/mol. The molecule has 0 aliphatic carbocycles. The van der Waals surface area contributed by atoms with E-state index in [1.54, 1.807) is 20.8 Å². The smallest absolute Gasteiger partial charge is 0.410 e. The fourth-order valence-corrected chi connectivity index (χ4v) is 3.00. The normalized spacial score (nSPS) is 12.3. The van der Waals surface area contributed by atoms with Crippen molar-refractivity contribution in [3.63, 3.8) is 0 Å². The number of aliphatic hydroxyl groups excluding tert-OH is 3. The quantitative estimate of drug-likeness (QED) is 0.370. The molecule has 3 N–H and O–H groups in total. The van der Waals surface area contributed by atoms with Gasteiger partial charge < -0.3 is 20.1 Å². The molecule has 27 heavy (non-hydrogen) atoms. The monoisotopic (exact) mass is 389 g/mol. The Kier molecular flexibility index (Phi) is 13.7. The van der Waals surface area contributed by atoms with Crippen molar-refractivity contribution < 1.29 is 24.9 Å². The van der Waals surface area contributed by atoms with Crippen molar-refractivity contribution in [2.24, 2.45) is 0 Å². The summed E-state index contributed by atoms with van der Waals surface area (Å²) >= 11 is 0. The minimum absolute atomic E-state index is 0.340. The topological polar surface area (TPSA) is 90.2 Å². The van der Waals surface area contributed by atoms with Crippen LogP contribution >= 0.6 is 0 Å². The number of carbonyl (C=O) groups excluding carboxylic acids is 1. The first-order valence-corrected chi connectivity index (χ1v) is 10.6. The molecule has 0 radical (unpaired) electrons. The zero-order valence-electron chi connectivity index (χ0n) is 18.0. The zero-order chi connectivity index (χ0) is 20.8. The third-order valence-corrected chi connectivity index (χ3v) is 4.80. The molecule has 0 aliphatic rings. The molecule has 1 amide bonds. The average molecular weight is 390 g/mol. The van der Waals surface area contributed by atoms with E-state index in [1.807, 2.05) is 0 Å². The van der Waals surface area contributed by atoms with Crippen molar-refractivity contribution in [3.8, 4) is 0 Å². The van der Waals surface area contributed by atoms with Gasteiger partial charge in [-0.05, 0) is 27.2 Å². The third kappa shape index (κ3) is 10.9. The molecule has 0 atom stereocenters. The molecule has 0 saturated heterocycles. The minimum Gasteiger partial charge on any atom is -0.444 e. The Bertz CT molecular complexity index is 369. The fraction of sp³-hybridized carbons (Fsp3) is 0.952. The lowest BCUT2D eigenvalue weighted by atomic mass is 10.00. The molecule has 0 saturated carbocycles. The van der Waals surface area contributed by atoms with Crippen LogP contribution in [0.15, 0.2) is 0 Å². The van der Waals surface area contributed by atoms with E-state index in [1.165, 1.54) is 49.8 Å². The maximum Gasteiger partial charge on any atom is 0.410 e. The van der Waals surface area contributed by atoms with Gasteiger partial charge in [0.2, 0.25) is 0 Å². The van der Waals surface area contributed by atoms with Crippen LogP contribution in [0.2, 0.25) is 0 Å². The number of ether oxygens (including phenoxy) is 1. The lowest BCUT2D eigenvalue weighted by Gasteiger charge is -2.40. The Hall–Kier alpha value is -0.850. The maximum atomic E-state index is 12.5. The van der Waals surface area contributed by atoms with E-state index in [-0.39, 0.29) is 0 Å². The molecule has 162 valence electrons. The summed E-state index contributed by atoms with van der Waals surface area (Å²) in [5.41, 5.74) is -2.08. The molecule has 0 bridgehead atoms. The number of hydrogen-bond donors (Lipinski definition) is 3. The first kappa shape index (κ1) is 26.1. The van der Waals surface area contributed by atoms with Crippen LogP contribution in [0.25, 0.3) is 0 Å². The zero-order valence-corrected chi connectivity index (χ0v) is 18.0. The van der Waals surface area contributed by atoms with E-state index >= 15 is 0 Å². The van der Waals surface area contributed by atoms with Crippen LogP contribution in [-0.4, -0.2) is 63.8 Å². The molecule has 0 heterocycles. The molecular formula is C21H43NO5. The largest absolute Gasteiger partial charge is 0.444 e. The number of carbonyl (C=O) groups is 1. The highest BCUT2D eigenvalue weighted by Crippen LogP contribution is 2.21. The summed E-state index contributed by atoms with van der Waals surface area (Å²) in [5.74, 6) is 0. The van der Waals surface area contributed by atoms with Crippen LogP contribution in [0.3, 0.4) is 0 Å². The molecule has 0 aliphatic heterocycles. The molecule has 0 aromatic carbocycles. The van der Waals surface area contributed by atoms with E-state index < -0.39 is 37.1 Å². The van der Waals surface area contributed by atoms with Crippen LogP contribution in [0.1, 0.15) is 91.9 Å². The number of unbranched alkanes of at least 4 members (excludes halogenated alkanes) is 9. The van der Waals surface area contributed by atoms with Gasteiger partial charge >= 0.3 is 6.09 Å². The predicted octanol–water partition coefficient (Wildman–Crippen LogP) is 3.86. The lowest BCUT2D eigenvalue weighted by molar-refractivity contribution is -0.0602. The first-order valence-electron chi connectivity index (χ1n) is 10.6. The van der Waals surface area contributed by atoms with Crippen molar-refractivity contribution in [1.29, 1.82) is 0 Å². The summed E-state index contributed by atoms with van der Waals surface area (Å²) in [6, 6.07) is 0. The molecule has 0 spiro atoms. The molecule has 0 rings (SSSR count). The molecule has 6 heteroatoms. The van der Waals surface area contributed by atoms with Crippen molar-refractivity contribution in [1.82, 2.24) is 4.90 Å². The number of rotatable bonds is 15. The van der Waals surface area contributed by atoms with E-state index in [0.717, 1.165) is 19.3 Å². The van der Waals surface area contributed by atoms with Crippen LogP contribution in [0, 0.1) is 0 Å². The summed E-state index contributed by atoms with van der Waals surface area (Å²) in [6.45, 7) is 6.31. The van der Waals surface area contributed by atoms with Crippen molar-refractivity contribution >= 4 is 6.09 Å². The highest BCUT2D eigenvalue weighted by atomic mass is 16.6. The second-order valence-electron chi connectivity index (χ2n) is 8.51.